The van der Waals surface area contributed by atoms with Crippen molar-refractivity contribution in [3.8, 4) is 0 Å². The van der Waals surface area contributed by atoms with Gasteiger partial charge < -0.3 is 15.0 Å². The molecule has 1 aromatic carbocycles. The summed E-state index contributed by atoms with van der Waals surface area (Å²) < 4.78 is 4.55. The fraction of sp³-hybridized carbons (Fsp3) is 0.500. The molecule has 18 heavy (non-hydrogen) atoms. The SMILES string of the molecule is COC(=O)CNCCCN(C)Cc1ccccc1. The topological polar surface area (TPSA) is 41.6 Å². The minimum Gasteiger partial charge on any atom is -0.468 e. The van der Waals surface area contributed by atoms with E-state index in [1.165, 1.54) is 12.7 Å². The third-order valence-corrected chi connectivity index (χ3v) is 2.69. The first-order valence-electron chi connectivity index (χ1n) is 6.22. The van der Waals surface area contributed by atoms with E-state index in [1.807, 2.05) is 6.07 Å². The summed E-state index contributed by atoms with van der Waals surface area (Å²) in [5.41, 5.74) is 1.32. The molecule has 0 atom stereocenters. The molecule has 0 radical (unpaired) electrons. The lowest BCUT2D eigenvalue weighted by atomic mass is 10.2. The van der Waals surface area contributed by atoms with Crippen LogP contribution in [0.15, 0.2) is 30.3 Å². The van der Waals surface area contributed by atoms with Crippen molar-refractivity contribution in [1.29, 1.82) is 0 Å². The number of hydrogen-bond donors (Lipinski definition) is 1. The van der Waals surface area contributed by atoms with Gasteiger partial charge >= 0.3 is 5.97 Å². The van der Waals surface area contributed by atoms with E-state index in [1.54, 1.807) is 0 Å². The molecule has 0 aliphatic carbocycles. The first kappa shape index (κ1) is 14.7. The van der Waals surface area contributed by atoms with Gasteiger partial charge in [0.05, 0.1) is 13.7 Å². The number of rotatable bonds is 8. The van der Waals surface area contributed by atoms with Crippen molar-refractivity contribution in [3.05, 3.63) is 35.9 Å². The second-order valence-corrected chi connectivity index (χ2v) is 4.33. The maximum absolute atomic E-state index is 10.9. The second kappa shape index (κ2) is 8.66. The van der Waals surface area contributed by atoms with Crippen LogP contribution in [-0.2, 0) is 16.1 Å². The highest BCUT2D eigenvalue weighted by Crippen LogP contribution is 2.02. The van der Waals surface area contributed by atoms with E-state index in [2.05, 4.69) is 46.3 Å². The van der Waals surface area contributed by atoms with Gasteiger partial charge in [-0.2, -0.15) is 0 Å². The zero-order valence-electron chi connectivity index (χ0n) is 11.2. The summed E-state index contributed by atoms with van der Waals surface area (Å²) in [7, 11) is 3.50. The molecular formula is C14H22N2O2. The third kappa shape index (κ3) is 6.37. The number of carbonyl (C=O) groups excluding carboxylic acids is 1. The average molecular weight is 250 g/mol. The summed E-state index contributed by atoms with van der Waals surface area (Å²) in [5, 5.41) is 3.05. The molecule has 0 spiro atoms. The maximum Gasteiger partial charge on any atom is 0.319 e. The molecule has 4 nitrogen and oxygen atoms in total. The fourth-order valence-electron chi connectivity index (χ4n) is 1.71. The lowest BCUT2D eigenvalue weighted by molar-refractivity contribution is -0.139. The van der Waals surface area contributed by atoms with Crippen LogP contribution in [0.25, 0.3) is 0 Å². The zero-order valence-corrected chi connectivity index (χ0v) is 11.2. The molecule has 0 aliphatic rings. The Balaban J connectivity index is 2.07. The van der Waals surface area contributed by atoms with E-state index in [-0.39, 0.29) is 5.97 Å². The zero-order chi connectivity index (χ0) is 13.2. The van der Waals surface area contributed by atoms with E-state index in [0.717, 1.165) is 26.1 Å². The monoisotopic (exact) mass is 250 g/mol. The van der Waals surface area contributed by atoms with Gasteiger partial charge in [0.2, 0.25) is 0 Å². The highest BCUT2D eigenvalue weighted by Gasteiger charge is 2.01. The first-order valence-corrected chi connectivity index (χ1v) is 6.22. The van der Waals surface area contributed by atoms with E-state index < -0.39 is 0 Å². The van der Waals surface area contributed by atoms with Gasteiger partial charge in [-0.3, -0.25) is 4.79 Å². The molecule has 0 saturated carbocycles. The number of esters is 1. The van der Waals surface area contributed by atoms with Gasteiger partial charge in [0.1, 0.15) is 0 Å². The Kier molecular flexibility index (Phi) is 7.06. The summed E-state index contributed by atoms with van der Waals surface area (Å²) in [5.74, 6) is -0.215. The molecular weight excluding hydrogens is 228 g/mol. The third-order valence-electron chi connectivity index (χ3n) is 2.69. The molecule has 0 bridgehead atoms. The second-order valence-electron chi connectivity index (χ2n) is 4.33. The highest BCUT2D eigenvalue weighted by atomic mass is 16.5. The number of nitrogens with one attached hydrogen (secondary N) is 1. The number of methoxy groups -OCH3 is 1. The number of carbonyl (C=O) groups is 1. The van der Waals surface area contributed by atoms with Crippen LogP contribution in [0.5, 0.6) is 0 Å². The van der Waals surface area contributed by atoms with Crippen molar-refractivity contribution in [2.45, 2.75) is 13.0 Å². The smallest absolute Gasteiger partial charge is 0.319 e. The van der Waals surface area contributed by atoms with Crippen LogP contribution in [0.4, 0.5) is 0 Å². The number of benzene rings is 1. The Bertz CT molecular complexity index is 341. The Morgan fingerprint density at radius 2 is 2.06 bits per heavy atom. The van der Waals surface area contributed by atoms with Crippen molar-refractivity contribution in [1.82, 2.24) is 10.2 Å². The minimum absolute atomic E-state index is 0.215. The van der Waals surface area contributed by atoms with Crippen LogP contribution < -0.4 is 5.32 Å². The molecule has 0 aromatic heterocycles. The summed E-state index contributed by atoms with van der Waals surface area (Å²) in [6, 6.07) is 10.4. The quantitative estimate of drug-likeness (QED) is 0.557. The Morgan fingerprint density at radius 1 is 1.33 bits per heavy atom. The summed E-state index contributed by atoms with van der Waals surface area (Å²) in [4.78, 5) is 13.1. The van der Waals surface area contributed by atoms with Crippen molar-refractivity contribution in [2.75, 3.05) is 33.8 Å². The van der Waals surface area contributed by atoms with Crippen LogP contribution in [0, 0.1) is 0 Å². The number of hydrogen-bond acceptors (Lipinski definition) is 4. The van der Waals surface area contributed by atoms with Crippen LogP contribution in [0.3, 0.4) is 0 Å². The number of nitrogens with zero attached hydrogens (tertiary/aromatic N) is 1. The molecule has 0 unspecified atom stereocenters. The van der Waals surface area contributed by atoms with Crippen LogP contribution in [-0.4, -0.2) is 44.7 Å². The van der Waals surface area contributed by atoms with Gasteiger partial charge in [-0.25, -0.2) is 0 Å². The normalized spacial score (nSPS) is 10.6. The largest absolute Gasteiger partial charge is 0.468 e. The lowest BCUT2D eigenvalue weighted by Gasteiger charge is -2.16. The molecule has 0 heterocycles. The van der Waals surface area contributed by atoms with Crippen LogP contribution in [0.2, 0.25) is 0 Å². The van der Waals surface area contributed by atoms with Gasteiger partial charge in [-0.1, -0.05) is 30.3 Å². The molecule has 0 saturated heterocycles. The Morgan fingerprint density at radius 3 is 2.72 bits per heavy atom. The van der Waals surface area contributed by atoms with Gasteiger partial charge in [0.15, 0.2) is 0 Å². The number of ether oxygens (including phenoxy) is 1. The predicted molar refractivity (Wildman–Crippen MR) is 72.3 cm³/mol. The van der Waals surface area contributed by atoms with E-state index >= 15 is 0 Å². The van der Waals surface area contributed by atoms with Crippen LogP contribution >= 0.6 is 0 Å². The molecule has 100 valence electrons. The van der Waals surface area contributed by atoms with Crippen molar-refractivity contribution in [2.24, 2.45) is 0 Å². The van der Waals surface area contributed by atoms with E-state index in [0.29, 0.717) is 6.54 Å². The van der Waals surface area contributed by atoms with Gasteiger partial charge in [0, 0.05) is 6.54 Å². The summed E-state index contributed by atoms with van der Waals surface area (Å²) >= 11 is 0. The van der Waals surface area contributed by atoms with E-state index in [9.17, 15) is 4.79 Å². The summed E-state index contributed by atoms with van der Waals surface area (Å²) in [6.07, 6.45) is 1.01. The molecule has 0 aliphatic heterocycles. The average Bonchev–Trinajstić information content (AvgIpc) is 2.39. The molecule has 1 aromatic rings. The molecule has 0 fully saturated rings. The standard InChI is InChI=1S/C14H22N2O2/c1-16(12-13-7-4-3-5-8-13)10-6-9-15-11-14(17)18-2/h3-5,7-8,15H,6,9-12H2,1-2H3. The maximum atomic E-state index is 10.9. The first-order chi connectivity index (χ1) is 8.72. The van der Waals surface area contributed by atoms with Crippen molar-refractivity contribution >= 4 is 5.97 Å². The Labute approximate surface area is 109 Å². The lowest BCUT2D eigenvalue weighted by Crippen LogP contribution is -2.28. The highest BCUT2D eigenvalue weighted by molar-refractivity contribution is 5.71. The van der Waals surface area contributed by atoms with Crippen LogP contribution in [0.1, 0.15) is 12.0 Å². The van der Waals surface area contributed by atoms with Gasteiger partial charge in [-0.05, 0) is 32.1 Å². The van der Waals surface area contributed by atoms with E-state index in [4.69, 9.17) is 0 Å². The van der Waals surface area contributed by atoms with Crippen molar-refractivity contribution < 1.29 is 9.53 Å². The van der Waals surface area contributed by atoms with Crippen molar-refractivity contribution in [3.63, 3.8) is 0 Å². The molecule has 0 amide bonds. The minimum atomic E-state index is -0.215. The molecule has 4 heteroatoms. The fourth-order valence-corrected chi connectivity index (χ4v) is 1.71. The molecule has 1 N–H and O–H groups in total. The molecule has 1 rings (SSSR count). The Hall–Kier alpha value is -1.39. The predicted octanol–water partition coefficient (Wildman–Crippen LogP) is 1.27. The van der Waals surface area contributed by atoms with Gasteiger partial charge in [-0.15, -0.1) is 0 Å². The van der Waals surface area contributed by atoms with Gasteiger partial charge in [0.25, 0.3) is 0 Å². The summed E-state index contributed by atoms with van der Waals surface area (Å²) in [6.45, 7) is 3.08.